The summed E-state index contributed by atoms with van der Waals surface area (Å²) in [6, 6.07) is 9.74. The Balaban J connectivity index is 2.11. The summed E-state index contributed by atoms with van der Waals surface area (Å²) in [6.45, 7) is 0. The molecule has 0 heterocycles. The predicted octanol–water partition coefficient (Wildman–Crippen LogP) is 3.47. The summed E-state index contributed by atoms with van der Waals surface area (Å²) >= 11 is 11.6. The molecule has 0 aliphatic heterocycles. The van der Waals surface area contributed by atoms with Gasteiger partial charge in [-0.05, 0) is 29.8 Å². The van der Waals surface area contributed by atoms with Crippen molar-refractivity contribution in [1.82, 2.24) is 5.43 Å². The van der Waals surface area contributed by atoms with Gasteiger partial charge in [-0.3, -0.25) is 4.79 Å². The summed E-state index contributed by atoms with van der Waals surface area (Å²) in [5, 5.41) is 13.5. The highest BCUT2D eigenvalue weighted by atomic mass is 35.5. The number of para-hydroxylation sites is 1. The lowest BCUT2D eigenvalue weighted by molar-refractivity contribution is 0.0952. The lowest BCUT2D eigenvalue weighted by atomic mass is 10.2. The number of hydrogen-bond donors (Lipinski definition) is 2. The van der Waals surface area contributed by atoms with E-state index in [1.54, 1.807) is 24.3 Å². The van der Waals surface area contributed by atoms with Crippen molar-refractivity contribution in [2.24, 2.45) is 5.10 Å². The molecule has 0 aliphatic rings. The Hall–Kier alpha value is -2.24. The van der Waals surface area contributed by atoms with Crippen LogP contribution in [0.25, 0.3) is 0 Å². The van der Waals surface area contributed by atoms with Gasteiger partial charge in [0.15, 0.2) is 5.75 Å². The number of phenolic OH excluding ortho intramolecular Hbond substituents is 1. The average molecular weight is 339 g/mol. The van der Waals surface area contributed by atoms with Crippen LogP contribution in [-0.4, -0.2) is 24.3 Å². The highest BCUT2D eigenvalue weighted by molar-refractivity contribution is 6.37. The molecular weight excluding hydrogens is 327 g/mol. The minimum Gasteiger partial charge on any atom is -0.505 e. The van der Waals surface area contributed by atoms with Gasteiger partial charge in [-0.2, -0.15) is 5.10 Å². The Morgan fingerprint density at radius 2 is 1.91 bits per heavy atom. The number of carbonyl (C=O) groups excluding carboxylic acids is 1. The molecule has 2 rings (SSSR count). The third-order valence-electron chi connectivity index (χ3n) is 2.77. The Kier molecular flexibility index (Phi) is 5.25. The molecule has 0 unspecified atom stereocenters. The second-order valence-corrected chi connectivity index (χ2v) is 5.05. The summed E-state index contributed by atoms with van der Waals surface area (Å²) in [5.74, 6) is -0.158. The molecule has 22 heavy (non-hydrogen) atoms. The van der Waals surface area contributed by atoms with Crippen LogP contribution in [-0.2, 0) is 0 Å². The Morgan fingerprint density at radius 1 is 1.27 bits per heavy atom. The largest absolute Gasteiger partial charge is 0.505 e. The molecule has 5 nitrogen and oxygen atoms in total. The fourth-order valence-corrected chi connectivity index (χ4v) is 2.22. The molecule has 0 atom stereocenters. The van der Waals surface area contributed by atoms with Crippen molar-refractivity contribution in [1.29, 1.82) is 0 Å². The van der Waals surface area contributed by atoms with E-state index in [0.29, 0.717) is 16.9 Å². The van der Waals surface area contributed by atoms with E-state index in [2.05, 4.69) is 10.5 Å². The number of rotatable bonds is 4. The molecule has 0 radical (unpaired) electrons. The van der Waals surface area contributed by atoms with E-state index in [-0.39, 0.29) is 15.8 Å². The van der Waals surface area contributed by atoms with Gasteiger partial charge in [-0.15, -0.1) is 0 Å². The number of ether oxygens (including phenoxy) is 1. The Morgan fingerprint density at radius 3 is 2.55 bits per heavy atom. The van der Waals surface area contributed by atoms with Gasteiger partial charge in [-0.25, -0.2) is 5.43 Å². The first-order chi connectivity index (χ1) is 10.5. The number of hydrogen-bond acceptors (Lipinski definition) is 4. The molecule has 114 valence electrons. The van der Waals surface area contributed by atoms with E-state index in [1.165, 1.54) is 25.5 Å². The van der Waals surface area contributed by atoms with Crippen LogP contribution in [0.5, 0.6) is 11.5 Å². The number of halogens is 2. The van der Waals surface area contributed by atoms with Crippen molar-refractivity contribution in [3.05, 3.63) is 57.6 Å². The third-order valence-corrected chi connectivity index (χ3v) is 3.35. The molecule has 2 aromatic carbocycles. The van der Waals surface area contributed by atoms with Crippen molar-refractivity contribution in [2.75, 3.05) is 7.11 Å². The maximum absolute atomic E-state index is 12.0. The second kappa shape index (κ2) is 7.15. The van der Waals surface area contributed by atoms with Gasteiger partial charge in [0.1, 0.15) is 5.75 Å². The van der Waals surface area contributed by atoms with Crippen LogP contribution >= 0.6 is 23.2 Å². The smallest absolute Gasteiger partial charge is 0.275 e. The molecular formula is C15H12Cl2N2O3. The van der Waals surface area contributed by atoms with E-state index in [0.717, 1.165) is 0 Å². The zero-order valence-corrected chi connectivity index (χ0v) is 13.0. The number of phenols is 1. The summed E-state index contributed by atoms with van der Waals surface area (Å²) in [6.07, 6.45) is 1.37. The highest BCUT2D eigenvalue weighted by Crippen LogP contribution is 2.32. The summed E-state index contributed by atoms with van der Waals surface area (Å²) in [4.78, 5) is 12.0. The monoisotopic (exact) mass is 338 g/mol. The summed E-state index contributed by atoms with van der Waals surface area (Å²) < 4.78 is 5.10. The van der Waals surface area contributed by atoms with Crippen molar-refractivity contribution < 1.29 is 14.6 Å². The first kappa shape index (κ1) is 16.1. The topological polar surface area (TPSA) is 70.9 Å². The lowest BCUT2D eigenvalue weighted by Gasteiger charge is -2.06. The third kappa shape index (κ3) is 3.69. The van der Waals surface area contributed by atoms with E-state index < -0.39 is 5.91 Å². The van der Waals surface area contributed by atoms with E-state index in [1.807, 2.05) is 0 Å². The first-order valence-corrected chi connectivity index (χ1v) is 6.93. The van der Waals surface area contributed by atoms with Crippen LogP contribution in [0.2, 0.25) is 10.0 Å². The van der Waals surface area contributed by atoms with Crippen LogP contribution in [0.4, 0.5) is 0 Å². The van der Waals surface area contributed by atoms with Crippen molar-refractivity contribution in [3.63, 3.8) is 0 Å². The van der Waals surface area contributed by atoms with Crippen molar-refractivity contribution in [3.8, 4) is 11.5 Å². The number of amides is 1. The zero-order valence-electron chi connectivity index (χ0n) is 11.5. The van der Waals surface area contributed by atoms with Gasteiger partial charge >= 0.3 is 0 Å². The fraction of sp³-hybridized carbons (Fsp3) is 0.0667. The van der Waals surface area contributed by atoms with Gasteiger partial charge in [0, 0.05) is 0 Å². The molecule has 0 aromatic heterocycles. The number of methoxy groups -OCH3 is 1. The number of nitrogens with one attached hydrogen (secondary N) is 1. The molecule has 0 fully saturated rings. The number of nitrogens with zero attached hydrogens (tertiary/aromatic N) is 1. The van der Waals surface area contributed by atoms with E-state index >= 15 is 0 Å². The highest BCUT2D eigenvalue weighted by Gasteiger charge is 2.10. The second-order valence-electron chi connectivity index (χ2n) is 4.23. The minimum atomic E-state index is -0.412. The number of hydrazone groups is 1. The van der Waals surface area contributed by atoms with Crippen LogP contribution in [0, 0.1) is 0 Å². The first-order valence-electron chi connectivity index (χ1n) is 6.17. The molecule has 2 aromatic rings. The van der Waals surface area contributed by atoms with Crippen molar-refractivity contribution >= 4 is 35.3 Å². The summed E-state index contributed by atoms with van der Waals surface area (Å²) in [5.41, 5.74) is 3.28. The molecule has 0 aliphatic carbocycles. The molecule has 0 spiro atoms. The molecule has 0 bridgehead atoms. The summed E-state index contributed by atoms with van der Waals surface area (Å²) in [7, 11) is 1.48. The van der Waals surface area contributed by atoms with Gasteiger partial charge < -0.3 is 9.84 Å². The Labute approximate surface area is 137 Å². The van der Waals surface area contributed by atoms with Crippen LogP contribution in [0.3, 0.4) is 0 Å². The quantitative estimate of drug-likeness (QED) is 0.662. The normalized spacial score (nSPS) is 10.7. The number of carbonyl (C=O) groups is 1. The molecule has 7 heteroatoms. The zero-order chi connectivity index (χ0) is 16.1. The molecule has 0 saturated carbocycles. The maximum atomic E-state index is 12.0. The van der Waals surface area contributed by atoms with Crippen LogP contribution in [0.15, 0.2) is 41.5 Å². The standard InChI is InChI=1S/C15H12Cl2N2O3/c1-22-13-5-3-2-4-10(13)15(21)19-18-8-9-6-11(16)14(20)12(17)7-9/h2-8,20H,1H3,(H,19,21)/b18-8+. The molecule has 2 N–H and O–H groups in total. The lowest BCUT2D eigenvalue weighted by Crippen LogP contribution is -2.18. The average Bonchev–Trinajstić information content (AvgIpc) is 2.52. The van der Waals surface area contributed by atoms with E-state index in [9.17, 15) is 9.90 Å². The SMILES string of the molecule is COc1ccccc1C(=O)N/N=C/c1cc(Cl)c(O)c(Cl)c1. The maximum Gasteiger partial charge on any atom is 0.275 e. The number of aromatic hydroxyl groups is 1. The van der Waals surface area contributed by atoms with Gasteiger partial charge in [-0.1, -0.05) is 35.3 Å². The molecule has 0 saturated heterocycles. The predicted molar refractivity (Wildman–Crippen MR) is 86.2 cm³/mol. The molecule has 1 amide bonds. The van der Waals surface area contributed by atoms with E-state index in [4.69, 9.17) is 27.9 Å². The van der Waals surface area contributed by atoms with Gasteiger partial charge in [0.2, 0.25) is 0 Å². The van der Waals surface area contributed by atoms with Crippen LogP contribution in [0.1, 0.15) is 15.9 Å². The van der Waals surface area contributed by atoms with Gasteiger partial charge in [0.05, 0.1) is 28.9 Å². The Bertz CT molecular complexity index is 709. The van der Waals surface area contributed by atoms with Gasteiger partial charge in [0.25, 0.3) is 5.91 Å². The number of benzene rings is 2. The minimum absolute atomic E-state index is 0.102. The van der Waals surface area contributed by atoms with Crippen molar-refractivity contribution in [2.45, 2.75) is 0 Å². The fourth-order valence-electron chi connectivity index (χ4n) is 1.72. The van der Waals surface area contributed by atoms with Crippen LogP contribution < -0.4 is 10.2 Å².